The summed E-state index contributed by atoms with van der Waals surface area (Å²) in [6.45, 7) is 1.70. The Bertz CT molecular complexity index is 112. The van der Waals surface area contributed by atoms with Crippen LogP contribution in [0.2, 0.25) is 0 Å². The second-order valence-corrected chi connectivity index (χ2v) is 1.14. The molecule has 0 aliphatic heterocycles. The summed E-state index contributed by atoms with van der Waals surface area (Å²) in [5, 5.41) is 12.1. The molecule has 0 N–H and O–H groups in total. The molecule has 30 valence electrons. The Hall–Kier alpha value is -0.600. The quantitative estimate of drug-likeness (QED) is 0.335. The van der Waals surface area contributed by atoms with Gasteiger partial charge in [-0.2, -0.15) is 5.26 Å². The van der Waals surface area contributed by atoms with Crippen LogP contribution in [0.5, 0.6) is 0 Å². The van der Waals surface area contributed by atoms with Gasteiger partial charge in [0, 0.05) is 11.8 Å². The molecule has 0 aromatic rings. The fourth-order valence-electron chi connectivity index (χ4n) is 0.0739. The van der Waals surface area contributed by atoms with Crippen LogP contribution in [0.1, 0.15) is 6.92 Å². The van der Waals surface area contributed by atoms with Gasteiger partial charge in [-0.15, -0.1) is 0 Å². The lowest BCUT2D eigenvalue weighted by molar-refractivity contribution is 1.57. The number of thioether (sulfide) groups is 1. The van der Waals surface area contributed by atoms with Crippen molar-refractivity contribution < 1.29 is 0 Å². The van der Waals surface area contributed by atoms with E-state index in [0.29, 0.717) is 0 Å². The Balaban J connectivity index is 3.07. The predicted molar refractivity (Wildman–Crippen MR) is 26.7 cm³/mol. The highest BCUT2D eigenvalue weighted by Gasteiger charge is 1.60. The second kappa shape index (κ2) is 4.40. The normalized spacial score (nSPS) is 4.67. The van der Waals surface area contributed by atoms with Crippen LogP contribution in [-0.4, -0.2) is 0 Å². The minimum atomic E-state index is 0.953. The minimum Gasteiger partial charge on any atom is -0.184 e. The van der Waals surface area contributed by atoms with Gasteiger partial charge in [-0.25, -0.2) is 0 Å². The molecule has 0 fully saturated rings. The van der Waals surface area contributed by atoms with Crippen LogP contribution in [-0.2, 0) is 0 Å². The van der Waals surface area contributed by atoms with Gasteiger partial charge < -0.3 is 0 Å². The first kappa shape index (κ1) is 5.40. The maximum Gasteiger partial charge on any atom is 0.147 e. The molecule has 1 nitrogen and oxygen atoms in total. The molecule has 0 aliphatic rings. The van der Waals surface area contributed by atoms with Crippen molar-refractivity contribution in [3.8, 4) is 16.6 Å². The average molecular weight is 97.1 g/mol. The molecule has 0 atom stereocenters. The van der Waals surface area contributed by atoms with Gasteiger partial charge in [-0.1, -0.05) is 5.92 Å². The SMILES string of the molecule is CC#CSC#N. The summed E-state index contributed by atoms with van der Waals surface area (Å²) in [6, 6.07) is 0. The highest BCUT2D eigenvalue weighted by molar-refractivity contribution is 8.08. The summed E-state index contributed by atoms with van der Waals surface area (Å²) in [5.41, 5.74) is 0. The Morgan fingerprint density at radius 1 is 1.67 bits per heavy atom. The van der Waals surface area contributed by atoms with E-state index < -0.39 is 0 Å². The summed E-state index contributed by atoms with van der Waals surface area (Å²) < 4.78 is 0. The molecule has 2 heteroatoms. The number of hydrogen-bond donors (Lipinski definition) is 0. The van der Waals surface area contributed by atoms with Gasteiger partial charge >= 0.3 is 0 Å². The number of rotatable bonds is 0. The van der Waals surface area contributed by atoms with Gasteiger partial charge in [0.25, 0.3) is 0 Å². The molecule has 0 saturated carbocycles. The summed E-state index contributed by atoms with van der Waals surface area (Å²) in [4.78, 5) is 0. The molecular weight excluding hydrogens is 94.1 g/mol. The summed E-state index contributed by atoms with van der Waals surface area (Å²) in [7, 11) is 0. The topological polar surface area (TPSA) is 23.8 Å². The summed E-state index contributed by atoms with van der Waals surface area (Å²) in [6.07, 6.45) is 0. The number of hydrogen-bond acceptors (Lipinski definition) is 2. The van der Waals surface area contributed by atoms with E-state index in [0.717, 1.165) is 11.8 Å². The van der Waals surface area contributed by atoms with Gasteiger partial charge in [0.1, 0.15) is 5.40 Å². The molecule has 0 aromatic heterocycles. The van der Waals surface area contributed by atoms with Crippen molar-refractivity contribution in [3.05, 3.63) is 0 Å². The van der Waals surface area contributed by atoms with Crippen LogP contribution in [0.4, 0.5) is 0 Å². The fraction of sp³-hybridized carbons (Fsp3) is 0.250. The average Bonchev–Trinajstić information content (AvgIpc) is 1.61. The molecule has 0 rings (SSSR count). The first-order valence-electron chi connectivity index (χ1n) is 1.38. The van der Waals surface area contributed by atoms with Crippen molar-refractivity contribution in [1.82, 2.24) is 0 Å². The smallest absolute Gasteiger partial charge is 0.147 e. The lowest BCUT2D eigenvalue weighted by Gasteiger charge is -1.55. The van der Waals surface area contributed by atoms with Gasteiger partial charge in [0.2, 0.25) is 0 Å². The lowest BCUT2D eigenvalue weighted by Crippen LogP contribution is -1.36. The van der Waals surface area contributed by atoms with Gasteiger partial charge in [-0.3, -0.25) is 0 Å². The Labute approximate surface area is 41.3 Å². The van der Waals surface area contributed by atoms with Crippen LogP contribution in [0.25, 0.3) is 0 Å². The number of thiocyanates is 1. The molecule has 0 bridgehead atoms. The molecule has 0 aliphatic carbocycles. The van der Waals surface area contributed by atoms with E-state index in [2.05, 4.69) is 11.2 Å². The third-order valence-corrected chi connectivity index (χ3v) is 0.596. The lowest BCUT2D eigenvalue weighted by atomic mass is 10.9. The van der Waals surface area contributed by atoms with E-state index in [1.165, 1.54) is 0 Å². The number of nitriles is 1. The number of nitrogens with zero attached hydrogens (tertiary/aromatic N) is 1. The van der Waals surface area contributed by atoms with E-state index >= 15 is 0 Å². The third-order valence-electron chi connectivity index (χ3n) is 0.199. The van der Waals surface area contributed by atoms with Crippen molar-refractivity contribution in [1.29, 1.82) is 5.26 Å². The molecule has 0 unspecified atom stereocenters. The van der Waals surface area contributed by atoms with Crippen LogP contribution in [0.3, 0.4) is 0 Å². The summed E-state index contributed by atoms with van der Waals surface area (Å²) in [5.74, 6) is 2.56. The first-order chi connectivity index (χ1) is 2.91. The van der Waals surface area contributed by atoms with Gasteiger partial charge in [0.15, 0.2) is 0 Å². The van der Waals surface area contributed by atoms with E-state index in [4.69, 9.17) is 5.26 Å². The minimum absolute atomic E-state index is 0.953. The molecule has 0 saturated heterocycles. The van der Waals surface area contributed by atoms with Crippen molar-refractivity contribution in [2.75, 3.05) is 0 Å². The van der Waals surface area contributed by atoms with E-state index in [9.17, 15) is 0 Å². The molecule has 0 radical (unpaired) electrons. The molecular formula is C4H3NS. The van der Waals surface area contributed by atoms with Crippen LogP contribution in [0, 0.1) is 21.8 Å². The Morgan fingerprint density at radius 2 is 2.33 bits per heavy atom. The van der Waals surface area contributed by atoms with E-state index in [1.54, 1.807) is 6.92 Å². The molecule has 0 amide bonds. The molecule has 0 aromatic carbocycles. The van der Waals surface area contributed by atoms with Crippen molar-refractivity contribution in [3.63, 3.8) is 0 Å². The van der Waals surface area contributed by atoms with Gasteiger partial charge in [-0.05, 0) is 12.2 Å². The fourth-order valence-corrected chi connectivity index (χ4v) is 0.222. The summed E-state index contributed by atoms with van der Waals surface area (Å²) >= 11 is 0.953. The highest BCUT2D eigenvalue weighted by Crippen LogP contribution is 1.87. The molecule has 0 heterocycles. The van der Waals surface area contributed by atoms with Crippen molar-refractivity contribution >= 4 is 11.8 Å². The Morgan fingerprint density at radius 3 is 2.50 bits per heavy atom. The Kier molecular flexibility index (Phi) is 3.96. The third kappa shape index (κ3) is 3.40. The van der Waals surface area contributed by atoms with Crippen LogP contribution in [0.15, 0.2) is 0 Å². The second-order valence-electron chi connectivity index (χ2n) is 0.545. The zero-order valence-electron chi connectivity index (χ0n) is 3.36. The zero-order chi connectivity index (χ0) is 4.83. The standard InChI is InChI=1S/C4H3NS/c1-2-3-6-4-5/h1H3. The van der Waals surface area contributed by atoms with Crippen molar-refractivity contribution in [2.24, 2.45) is 0 Å². The maximum absolute atomic E-state index is 7.81. The zero-order valence-corrected chi connectivity index (χ0v) is 4.17. The first-order valence-corrected chi connectivity index (χ1v) is 2.20. The molecule has 0 spiro atoms. The monoisotopic (exact) mass is 97.0 g/mol. The van der Waals surface area contributed by atoms with Crippen LogP contribution < -0.4 is 0 Å². The maximum atomic E-state index is 7.81. The van der Waals surface area contributed by atoms with Crippen molar-refractivity contribution in [2.45, 2.75) is 6.92 Å². The van der Waals surface area contributed by atoms with E-state index in [1.807, 2.05) is 5.40 Å². The largest absolute Gasteiger partial charge is 0.184 e. The van der Waals surface area contributed by atoms with Crippen LogP contribution >= 0.6 is 11.8 Å². The predicted octanol–water partition coefficient (Wildman–Crippen LogP) is 1.18. The highest BCUT2D eigenvalue weighted by atomic mass is 32.2. The molecule has 6 heavy (non-hydrogen) atoms. The van der Waals surface area contributed by atoms with Gasteiger partial charge in [0.05, 0.1) is 0 Å². The van der Waals surface area contributed by atoms with E-state index in [-0.39, 0.29) is 0 Å².